The first-order valence-electron chi connectivity index (χ1n) is 6.06. The third-order valence-corrected chi connectivity index (χ3v) is 3.08. The van der Waals surface area contributed by atoms with Gasteiger partial charge in [-0.25, -0.2) is 0 Å². The minimum atomic E-state index is -1.53. The van der Waals surface area contributed by atoms with Crippen LogP contribution in [0.5, 0.6) is 0 Å². The minimum Gasteiger partial charge on any atom is -0.474 e. The molecular weight excluding hydrogens is 228 g/mol. The van der Waals surface area contributed by atoms with Crippen molar-refractivity contribution in [2.24, 2.45) is 0 Å². The van der Waals surface area contributed by atoms with Crippen LogP contribution in [0.25, 0.3) is 6.08 Å². The van der Waals surface area contributed by atoms with Gasteiger partial charge in [-0.2, -0.15) is 0 Å². The quantitative estimate of drug-likeness (QED) is 0.426. The lowest BCUT2D eigenvalue weighted by Gasteiger charge is -2.24. The average Bonchev–Trinajstić information content (AvgIpc) is 2.27. The van der Waals surface area contributed by atoms with E-state index in [1.807, 2.05) is 36.4 Å². The molecule has 0 aromatic heterocycles. The van der Waals surface area contributed by atoms with Crippen LogP contribution < -0.4 is 0 Å². The Labute approximate surface area is 105 Å². The van der Waals surface area contributed by atoms with Crippen molar-refractivity contribution in [3.8, 4) is 0 Å². The number of ether oxygens (including phenoxy) is 1. The molecule has 1 aromatic rings. The predicted octanol–water partition coefficient (Wildman–Crippen LogP) is 4.26. The summed E-state index contributed by atoms with van der Waals surface area (Å²) in [6, 6.07) is 10.1. The number of benzene rings is 1. The second kappa shape index (κ2) is 6.62. The van der Waals surface area contributed by atoms with Crippen LogP contribution in [0.15, 0.2) is 36.6 Å². The number of rotatable bonds is 6. The highest BCUT2D eigenvalue weighted by Gasteiger charge is 2.19. The van der Waals surface area contributed by atoms with Crippen LogP contribution >= 0.6 is 0 Å². The average molecular weight is 250 g/mol. The maximum absolute atomic E-state index is 5.89. The molecule has 0 N–H and O–H groups in total. The summed E-state index contributed by atoms with van der Waals surface area (Å²) in [7, 11) is -1.53. The summed E-state index contributed by atoms with van der Waals surface area (Å²) in [5.41, 5.74) is 1.13. The molecule has 0 aliphatic heterocycles. The molecule has 1 aromatic carbocycles. The first-order chi connectivity index (χ1) is 8.01. The Bertz CT molecular complexity index is 341. The molecule has 0 aliphatic carbocycles. The molecule has 0 amide bonds. The van der Waals surface area contributed by atoms with E-state index in [1.54, 1.807) is 6.26 Å². The lowest BCUT2D eigenvalue weighted by atomic mass is 10.2. The molecule has 0 saturated carbocycles. The van der Waals surface area contributed by atoms with Crippen molar-refractivity contribution in [3.63, 3.8) is 0 Å². The Kier molecular flexibility index (Phi) is 5.45. The van der Waals surface area contributed by atoms with Crippen molar-refractivity contribution >= 4 is 14.4 Å². The van der Waals surface area contributed by atoms with Crippen molar-refractivity contribution in [3.05, 3.63) is 42.2 Å². The van der Waals surface area contributed by atoms with Crippen molar-refractivity contribution in [2.45, 2.75) is 39.3 Å². The molecule has 3 heteroatoms. The Balaban J connectivity index is 2.45. The summed E-state index contributed by atoms with van der Waals surface area (Å²) in [5.74, 6) is 0. The van der Waals surface area contributed by atoms with Crippen molar-refractivity contribution in [1.82, 2.24) is 0 Å². The maximum atomic E-state index is 5.89. The van der Waals surface area contributed by atoms with Gasteiger partial charge in [0.05, 0.1) is 6.26 Å². The van der Waals surface area contributed by atoms with Crippen LogP contribution in [-0.4, -0.2) is 14.6 Å². The van der Waals surface area contributed by atoms with Gasteiger partial charge in [0.1, 0.15) is 0 Å². The van der Waals surface area contributed by atoms with Gasteiger partial charge in [0, 0.05) is 6.42 Å². The molecule has 0 radical (unpaired) electrons. The van der Waals surface area contributed by atoms with Crippen molar-refractivity contribution < 1.29 is 9.16 Å². The Morgan fingerprint density at radius 2 is 1.82 bits per heavy atom. The first-order valence-corrected chi connectivity index (χ1v) is 9.47. The van der Waals surface area contributed by atoms with E-state index >= 15 is 0 Å². The molecule has 0 aliphatic rings. The van der Waals surface area contributed by atoms with E-state index in [4.69, 9.17) is 9.16 Å². The zero-order valence-electron chi connectivity index (χ0n) is 11.1. The van der Waals surface area contributed by atoms with Gasteiger partial charge < -0.3 is 9.16 Å². The fourth-order valence-corrected chi connectivity index (χ4v) is 2.38. The van der Waals surface area contributed by atoms with E-state index in [0.717, 1.165) is 12.0 Å². The molecular formula is C14H22O2Si. The summed E-state index contributed by atoms with van der Waals surface area (Å²) in [4.78, 5) is 0. The van der Waals surface area contributed by atoms with Gasteiger partial charge in [0.2, 0.25) is 0 Å². The topological polar surface area (TPSA) is 18.5 Å². The van der Waals surface area contributed by atoms with Crippen molar-refractivity contribution in [1.29, 1.82) is 0 Å². The molecule has 0 bridgehead atoms. The van der Waals surface area contributed by atoms with Gasteiger partial charge in [-0.1, -0.05) is 37.3 Å². The van der Waals surface area contributed by atoms with Gasteiger partial charge >= 0.3 is 0 Å². The minimum absolute atomic E-state index is 0.123. The van der Waals surface area contributed by atoms with Crippen LogP contribution in [0.2, 0.25) is 19.6 Å². The molecule has 2 nitrogen and oxygen atoms in total. The molecule has 1 atom stereocenters. The van der Waals surface area contributed by atoms with Gasteiger partial charge in [-0.15, -0.1) is 0 Å². The second-order valence-corrected chi connectivity index (χ2v) is 9.38. The lowest BCUT2D eigenvalue weighted by molar-refractivity contribution is -0.0365. The SMILES string of the molecule is CCC(OC=Cc1ccccc1)O[Si](C)(C)C. The van der Waals surface area contributed by atoms with Crippen LogP contribution in [0.4, 0.5) is 0 Å². The lowest BCUT2D eigenvalue weighted by Crippen LogP contribution is -2.32. The maximum Gasteiger partial charge on any atom is 0.189 e. The molecule has 1 unspecified atom stereocenters. The molecule has 0 heterocycles. The van der Waals surface area contributed by atoms with E-state index in [0.29, 0.717) is 0 Å². The normalized spacial score (nSPS) is 13.9. The molecule has 0 fully saturated rings. The second-order valence-electron chi connectivity index (χ2n) is 4.92. The Morgan fingerprint density at radius 3 is 2.35 bits per heavy atom. The summed E-state index contributed by atoms with van der Waals surface area (Å²) >= 11 is 0. The molecule has 1 rings (SSSR count). The van der Waals surface area contributed by atoms with Crippen LogP contribution in [-0.2, 0) is 9.16 Å². The highest BCUT2D eigenvalue weighted by atomic mass is 28.4. The third-order valence-electron chi connectivity index (χ3n) is 2.11. The smallest absolute Gasteiger partial charge is 0.189 e. The highest BCUT2D eigenvalue weighted by Crippen LogP contribution is 2.12. The van der Waals surface area contributed by atoms with E-state index in [2.05, 4.69) is 26.6 Å². The molecule has 94 valence electrons. The largest absolute Gasteiger partial charge is 0.474 e. The van der Waals surface area contributed by atoms with Crippen molar-refractivity contribution in [2.75, 3.05) is 0 Å². The highest BCUT2D eigenvalue weighted by molar-refractivity contribution is 6.69. The summed E-state index contributed by atoms with van der Waals surface area (Å²) < 4.78 is 11.5. The van der Waals surface area contributed by atoms with E-state index in [9.17, 15) is 0 Å². The van der Waals surface area contributed by atoms with Gasteiger partial charge in [0.25, 0.3) is 0 Å². The predicted molar refractivity (Wildman–Crippen MR) is 75.1 cm³/mol. The van der Waals surface area contributed by atoms with Crippen LogP contribution in [0, 0.1) is 0 Å². The monoisotopic (exact) mass is 250 g/mol. The molecule has 0 saturated heterocycles. The summed E-state index contributed by atoms with van der Waals surface area (Å²) in [6.45, 7) is 8.57. The number of hydrogen-bond acceptors (Lipinski definition) is 2. The zero-order valence-corrected chi connectivity index (χ0v) is 12.1. The fraction of sp³-hybridized carbons (Fsp3) is 0.429. The van der Waals surface area contributed by atoms with E-state index in [-0.39, 0.29) is 6.29 Å². The van der Waals surface area contributed by atoms with Crippen LogP contribution in [0.3, 0.4) is 0 Å². The third kappa shape index (κ3) is 6.29. The summed E-state index contributed by atoms with van der Waals surface area (Å²) in [5, 5.41) is 0. The standard InChI is InChI=1S/C14H22O2Si/c1-5-14(16-17(2,3)4)15-12-11-13-9-7-6-8-10-13/h6-12,14H,5H2,1-4H3. The van der Waals surface area contributed by atoms with Crippen LogP contribution in [0.1, 0.15) is 18.9 Å². The zero-order chi connectivity index (χ0) is 12.7. The van der Waals surface area contributed by atoms with Gasteiger partial charge in [-0.05, 0) is 31.3 Å². The number of hydrogen-bond donors (Lipinski definition) is 0. The molecule has 0 spiro atoms. The van der Waals surface area contributed by atoms with Gasteiger partial charge in [0.15, 0.2) is 14.6 Å². The fourth-order valence-electron chi connectivity index (χ4n) is 1.37. The van der Waals surface area contributed by atoms with Gasteiger partial charge in [-0.3, -0.25) is 0 Å². The van der Waals surface area contributed by atoms with E-state index < -0.39 is 8.32 Å². The molecule has 17 heavy (non-hydrogen) atoms. The van der Waals surface area contributed by atoms with E-state index in [1.165, 1.54) is 0 Å². The summed E-state index contributed by atoms with van der Waals surface area (Å²) in [6.07, 6.45) is 4.42. The Morgan fingerprint density at radius 1 is 1.18 bits per heavy atom. The Hall–Kier alpha value is -1.06. The first kappa shape index (κ1) is 14.0.